The smallest absolute Gasteiger partial charge is 0.307 e. The molecule has 1 aromatic carbocycles. The molecule has 0 unspecified atom stereocenters. The molecule has 0 spiro atoms. The molecule has 17 heavy (non-hydrogen) atoms. The van der Waals surface area contributed by atoms with Gasteiger partial charge in [0, 0.05) is 12.7 Å². The van der Waals surface area contributed by atoms with Crippen molar-refractivity contribution in [3.8, 4) is 5.75 Å². The highest BCUT2D eigenvalue weighted by molar-refractivity contribution is 5.95. The fraction of sp³-hybridized carbons (Fsp3) is 0.273. The number of aliphatic carboxylic acids is 1. The van der Waals surface area contributed by atoms with Crippen molar-refractivity contribution in [1.29, 1.82) is 0 Å². The van der Waals surface area contributed by atoms with Crippen LogP contribution >= 0.6 is 0 Å². The summed E-state index contributed by atoms with van der Waals surface area (Å²) in [4.78, 5) is 21.7. The molecule has 0 aliphatic carbocycles. The molecule has 0 radical (unpaired) electrons. The minimum atomic E-state index is -1.05. The molecule has 6 nitrogen and oxygen atoms in total. The minimum Gasteiger partial charge on any atom is -0.481 e. The van der Waals surface area contributed by atoms with Crippen molar-refractivity contribution in [2.75, 3.05) is 13.9 Å². The summed E-state index contributed by atoms with van der Waals surface area (Å²) in [6, 6.07) is 4.43. The van der Waals surface area contributed by atoms with E-state index in [1.165, 1.54) is 25.3 Å². The van der Waals surface area contributed by atoms with E-state index in [2.05, 4.69) is 0 Å². The van der Waals surface area contributed by atoms with E-state index in [1.807, 2.05) is 0 Å². The lowest BCUT2D eigenvalue weighted by Gasteiger charge is -2.09. The summed E-state index contributed by atoms with van der Waals surface area (Å²) in [5.41, 5.74) is 5.64. The molecule has 0 atom stereocenters. The van der Waals surface area contributed by atoms with Gasteiger partial charge in [0.25, 0.3) is 0 Å². The van der Waals surface area contributed by atoms with Gasteiger partial charge in [0.15, 0.2) is 6.79 Å². The Kier molecular flexibility index (Phi) is 4.47. The third-order valence-corrected chi connectivity index (χ3v) is 2.03. The van der Waals surface area contributed by atoms with E-state index in [0.717, 1.165) is 0 Å². The number of methoxy groups -OCH3 is 1. The van der Waals surface area contributed by atoms with Crippen LogP contribution in [0, 0.1) is 0 Å². The first kappa shape index (κ1) is 13.0. The molecular weight excluding hydrogens is 226 g/mol. The molecule has 0 aromatic heterocycles. The van der Waals surface area contributed by atoms with Crippen molar-refractivity contribution >= 4 is 11.9 Å². The van der Waals surface area contributed by atoms with Gasteiger partial charge >= 0.3 is 5.97 Å². The number of ether oxygens (including phenoxy) is 2. The Bertz CT molecular complexity index is 430. The zero-order chi connectivity index (χ0) is 12.8. The Labute approximate surface area is 97.9 Å². The molecule has 1 rings (SSSR count). The number of primary amides is 1. The molecule has 0 aliphatic heterocycles. The van der Waals surface area contributed by atoms with Crippen molar-refractivity contribution in [2.45, 2.75) is 6.42 Å². The van der Waals surface area contributed by atoms with Crippen LogP contribution in [0.25, 0.3) is 0 Å². The summed E-state index contributed by atoms with van der Waals surface area (Å²) < 4.78 is 9.86. The van der Waals surface area contributed by atoms with E-state index in [4.69, 9.17) is 20.3 Å². The van der Waals surface area contributed by atoms with Gasteiger partial charge in [-0.2, -0.15) is 0 Å². The van der Waals surface area contributed by atoms with Gasteiger partial charge in [-0.25, -0.2) is 0 Å². The van der Waals surface area contributed by atoms with Gasteiger partial charge in [0.05, 0.1) is 6.42 Å². The number of rotatable bonds is 6. The Hall–Kier alpha value is -2.08. The third kappa shape index (κ3) is 3.76. The summed E-state index contributed by atoms with van der Waals surface area (Å²) in [6.07, 6.45) is -0.289. The monoisotopic (exact) mass is 239 g/mol. The zero-order valence-electron chi connectivity index (χ0n) is 9.30. The molecule has 0 saturated heterocycles. The van der Waals surface area contributed by atoms with E-state index >= 15 is 0 Å². The molecule has 6 heteroatoms. The maximum atomic E-state index is 11.1. The predicted molar refractivity (Wildman–Crippen MR) is 58.8 cm³/mol. The first-order valence-corrected chi connectivity index (χ1v) is 4.81. The summed E-state index contributed by atoms with van der Waals surface area (Å²) >= 11 is 0. The predicted octanol–water partition coefficient (Wildman–Crippen LogP) is 0.395. The molecular formula is C11H13NO5. The number of carboxylic acid groups (broad SMARTS) is 1. The van der Waals surface area contributed by atoms with Gasteiger partial charge in [-0.3, -0.25) is 9.59 Å². The number of hydrogen-bond acceptors (Lipinski definition) is 4. The Morgan fingerprint density at radius 3 is 2.65 bits per heavy atom. The molecule has 1 amide bonds. The van der Waals surface area contributed by atoms with Crippen molar-refractivity contribution in [3.05, 3.63) is 29.3 Å². The van der Waals surface area contributed by atoms with Gasteiger partial charge in [-0.05, 0) is 23.8 Å². The molecule has 0 bridgehead atoms. The standard InChI is InChI=1S/C11H13NO5/c1-16-6-17-8-2-3-9(11(12)15)7(4-8)5-10(13)14/h2-4H,5-6H2,1H3,(H2,12,15)(H,13,14). The van der Waals surface area contributed by atoms with Gasteiger partial charge in [0.1, 0.15) is 5.75 Å². The highest BCUT2D eigenvalue weighted by atomic mass is 16.7. The van der Waals surface area contributed by atoms with Crippen LogP contribution in [-0.4, -0.2) is 30.9 Å². The second-order valence-corrected chi connectivity index (χ2v) is 3.30. The molecule has 0 fully saturated rings. The lowest BCUT2D eigenvalue weighted by atomic mass is 10.0. The highest BCUT2D eigenvalue weighted by Gasteiger charge is 2.12. The fourth-order valence-electron chi connectivity index (χ4n) is 1.34. The molecule has 92 valence electrons. The summed E-state index contributed by atoms with van der Waals surface area (Å²) in [7, 11) is 1.47. The van der Waals surface area contributed by atoms with Crippen molar-refractivity contribution < 1.29 is 24.2 Å². The molecule has 3 N–H and O–H groups in total. The zero-order valence-corrected chi connectivity index (χ0v) is 9.30. The van der Waals surface area contributed by atoms with Gasteiger partial charge < -0.3 is 20.3 Å². The molecule has 0 heterocycles. The Balaban J connectivity index is 3.01. The maximum Gasteiger partial charge on any atom is 0.307 e. The summed E-state index contributed by atoms with van der Waals surface area (Å²) in [5.74, 6) is -1.29. The fourth-order valence-corrected chi connectivity index (χ4v) is 1.34. The van der Waals surface area contributed by atoms with Gasteiger partial charge in [-0.1, -0.05) is 0 Å². The maximum absolute atomic E-state index is 11.1. The molecule has 1 aromatic rings. The van der Waals surface area contributed by atoms with Crippen LogP contribution < -0.4 is 10.5 Å². The average molecular weight is 239 g/mol. The lowest BCUT2D eigenvalue weighted by Crippen LogP contribution is -2.15. The largest absolute Gasteiger partial charge is 0.481 e. The number of amides is 1. The number of nitrogens with two attached hydrogens (primary N) is 1. The number of benzene rings is 1. The van der Waals surface area contributed by atoms with Crippen LogP contribution in [-0.2, 0) is 16.0 Å². The van der Waals surface area contributed by atoms with Crippen LogP contribution in [0.3, 0.4) is 0 Å². The lowest BCUT2D eigenvalue weighted by molar-refractivity contribution is -0.136. The average Bonchev–Trinajstić information content (AvgIpc) is 2.25. The number of carboxylic acids is 1. The van der Waals surface area contributed by atoms with Crippen LogP contribution in [0.15, 0.2) is 18.2 Å². The van der Waals surface area contributed by atoms with Crippen molar-refractivity contribution in [1.82, 2.24) is 0 Å². The SMILES string of the molecule is COCOc1ccc(C(N)=O)c(CC(=O)O)c1. The Morgan fingerprint density at radius 1 is 1.41 bits per heavy atom. The third-order valence-electron chi connectivity index (χ3n) is 2.03. The topological polar surface area (TPSA) is 98.9 Å². The molecule has 0 saturated carbocycles. The number of hydrogen-bond donors (Lipinski definition) is 2. The van der Waals surface area contributed by atoms with E-state index in [1.54, 1.807) is 0 Å². The van der Waals surface area contributed by atoms with E-state index < -0.39 is 11.9 Å². The van der Waals surface area contributed by atoms with E-state index in [9.17, 15) is 9.59 Å². The first-order valence-electron chi connectivity index (χ1n) is 4.81. The van der Waals surface area contributed by atoms with Crippen molar-refractivity contribution in [3.63, 3.8) is 0 Å². The van der Waals surface area contributed by atoms with Crippen LogP contribution in [0.1, 0.15) is 15.9 Å². The first-order chi connectivity index (χ1) is 8.04. The number of carbonyl (C=O) groups is 2. The van der Waals surface area contributed by atoms with E-state index in [-0.39, 0.29) is 18.8 Å². The molecule has 0 aliphatic rings. The number of carbonyl (C=O) groups excluding carboxylic acids is 1. The quantitative estimate of drug-likeness (QED) is 0.700. The highest BCUT2D eigenvalue weighted by Crippen LogP contribution is 2.18. The Morgan fingerprint density at radius 2 is 2.12 bits per heavy atom. The van der Waals surface area contributed by atoms with Gasteiger partial charge in [0.2, 0.25) is 5.91 Å². The van der Waals surface area contributed by atoms with Crippen LogP contribution in [0.5, 0.6) is 5.75 Å². The summed E-state index contributed by atoms with van der Waals surface area (Å²) in [5, 5.41) is 8.72. The minimum absolute atomic E-state index is 0.0441. The second-order valence-electron chi connectivity index (χ2n) is 3.30. The summed E-state index contributed by atoms with van der Waals surface area (Å²) in [6.45, 7) is 0.0441. The van der Waals surface area contributed by atoms with Gasteiger partial charge in [-0.15, -0.1) is 0 Å². The van der Waals surface area contributed by atoms with Crippen LogP contribution in [0.4, 0.5) is 0 Å². The normalized spacial score (nSPS) is 9.94. The second kappa shape index (κ2) is 5.86. The van der Waals surface area contributed by atoms with Crippen LogP contribution in [0.2, 0.25) is 0 Å². The van der Waals surface area contributed by atoms with E-state index in [0.29, 0.717) is 11.3 Å². The van der Waals surface area contributed by atoms with Crippen molar-refractivity contribution in [2.24, 2.45) is 5.73 Å².